The second-order valence-electron chi connectivity index (χ2n) is 10.6. The highest BCUT2D eigenvalue weighted by Gasteiger charge is 2.78. The molecule has 0 amide bonds. The van der Waals surface area contributed by atoms with Crippen LogP contribution in [0.25, 0.3) is 0 Å². The SMILES string of the molecule is CC1(C)O[C@H]2[C@H](N)[C@H]3C[C@@]3(O[Si](c3ccccc3)(c3ccccc3)C(C)(C)C)[C@H]2O1. The Morgan fingerprint density at radius 3 is 1.97 bits per heavy atom. The maximum absolute atomic E-state index is 7.53. The first-order chi connectivity index (χ1) is 14.1. The normalized spacial score (nSPS) is 34.5. The van der Waals surface area contributed by atoms with E-state index in [-0.39, 0.29) is 34.8 Å². The minimum absolute atomic E-state index is 0.0463. The van der Waals surface area contributed by atoms with Gasteiger partial charge >= 0.3 is 0 Å². The third-order valence-corrected chi connectivity index (χ3v) is 12.3. The largest absolute Gasteiger partial charge is 0.399 e. The molecule has 2 aromatic carbocycles. The molecule has 1 aliphatic heterocycles. The number of fused-ring (bicyclic) bond motifs is 3. The highest BCUT2D eigenvalue weighted by atomic mass is 28.4. The van der Waals surface area contributed by atoms with Crippen LogP contribution in [0, 0.1) is 5.92 Å². The van der Waals surface area contributed by atoms with Crippen molar-refractivity contribution in [2.45, 2.75) is 75.7 Å². The van der Waals surface area contributed by atoms with Crippen LogP contribution < -0.4 is 16.1 Å². The van der Waals surface area contributed by atoms with Gasteiger partial charge in [-0.2, -0.15) is 0 Å². The smallest absolute Gasteiger partial charge is 0.261 e. The molecule has 1 heterocycles. The van der Waals surface area contributed by atoms with Gasteiger partial charge in [-0.15, -0.1) is 0 Å². The number of ether oxygens (including phenoxy) is 2. The topological polar surface area (TPSA) is 53.7 Å². The Kier molecular flexibility index (Phi) is 4.42. The predicted molar refractivity (Wildman–Crippen MR) is 121 cm³/mol. The van der Waals surface area contributed by atoms with Crippen LogP contribution in [-0.2, 0) is 13.9 Å². The Bertz CT molecular complexity index is 887. The van der Waals surface area contributed by atoms with Gasteiger partial charge < -0.3 is 19.6 Å². The zero-order valence-corrected chi connectivity index (χ0v) is 19.6. The van der Waals surface area contributed by atoms with Gasteiger partial charge in [0.15, 0.2) is 5.79 Å². The Morgan fingerprint density at radius 1 is 0.933 bits per heavy atom. The Balaban J connectivity index is 1.66. The number of nitrogens with two attached hydrogens (primary N) is 1. The molecule has 0 radical (unpaired) electrons. The van der Waals surface area contributed by atoms with Crippen LogP contribution in [-0.4, -0.2) is 38.0 Å². The molecule has 5 atom stereocenters. The van der Waals surface area contributed by atoms with Crippen LogP contribution in [0.2, 0.25) is 5.04 Å². The molecule has 160 valence electrons. The monoisotopic (exact) mass is 423 g/mol. The molecule has 30 heavy (non-hydrogen) atoms. The summed E-state index contributed by atoms with van der Waals surface area (Å²) in [5, 5.41) is 2.51. The molecule has 5 rings (SSSR count). The standard InChI is InChI=1S/C25H33NO3Si/c1-23(2,3)30(17-12-8-6-9-13-17,18-14-10-7-11-15-18)29-25-16-19(25)20(26)21-22(25)28-24(4,5)27-21/h6-15,19-22H,16,26H2,1-5H3/t19-,20-,21+,22+,25+/m1/s1. The van der Waals surface area contributed by atoms with E-state index >= 15 is 0 Å². The molecule has 0 aromatic heterocycles. The Labute approximate surface area is 180 Å². The first-order valence-corrected chi connectivity index (χ1v) is 12.9. The zero-order valence-electron chi connectivity index (χ0n) is 18.6. The summed E-state index contributed by atoms with van der Waals surface area (Å²) < 4.78 is 20.2. The van der Waals surface area contributed by atoms with E-state index in [1.807, 2.05) is 13.8 Å². The van der Waals surface area contributed by atoms with Gasteiger partial charge in [-0.25, -0.2) is 0 Å². The summed E-state index contributed by atoms with van der Waals surface area (Å²) in [6, 6.07) is 21.5. The third kappa shape index (κ3) is 2.80. The van der Waals surface area contributed by atoms with Crippen LogP contribution in [0.5, 0.6) is 0 Å². The van der Waals surface area contributed by atoms with Crippen molar-refractivity contribution in [3.63, 3.8) is 0 Å². The van der Waals surface area contributed by atoms with Crippen molar-refractivity contribution in [3.8, 4) is 0 Å². The maximum Gasteiger partial charge on any atom is 0.261 e. The second kappa shape index (κ2) is 6.50. The van der Waals surface area contributed by atoms with E-state index in [0.717, 1.165) is 6.42 Å². The van der Waals surface area contributed by atoms with Gasteiger partial charge in [-0.1, -0.05) is 81.4 Å². The van der Waals surface area contributed by atoms with E-state index in [0.29, 0.717) is 0 Å². The average Bonchev–Trinajstić information content (AvgIpc) is 3.27. The van der Waals surface area contributed by atoms with Crippen LogP contribution >= 0.6 is 0 Å². The lowest BCUT2D eigenvalue weighted by atomic mass is 10.1. The Hall–Kier alpha value is -1.50. The first kappa shape index (κ1) is 20.4. The number of hydrogen-bond acceptors (Lipinski definition) is 4. The number of hydrogen-bond donors (Lipinski definition) is 1. The summed E-state index contributed by atoms with van der Waals surface area (Å²) in [6.45, 7) is 10.9. The molecule has 0 bridgehead atoms. The third-order valence-electron chi connectivity index (χ3n) is 7.22. The molecule has 0 unspecified atom stereocenters. The van der Waals surface area contributed by atoms with Crippen LogP contribution in [0.1, 0.15) is 41.0 Å². The van der Waals surface area contributed by atoms with Crippen molar-refractivity contribution in [2.75, 3.05) is 0 Å². The van der Waals surface area contributed by atoms with Gasteiger partial charge in [0.25, 0.3) is 8.32 Å². The molecule has 2 aliphatic carbocycles. The summed E-state index contributed by atoms with van der Waals surface area (Å²) in [5.74, 6) is -0.340. The van der Waals surface area contributed by atoms with E-state index in [9.17, 15) is 0 Å². The van der Waals surface area contributed by atoms with Crippen LogP contribution in [0.4, 0.5) is 0 Å². The maximum atomic E-state index is 7.53. The van der Waals surface area contributed by atoms with Crippen molar-refractivity contribution in [3.05, 3.63) is 60.7 Å². The molecular weight excluding hydrogens is 390 g/mol. The number of benzene rings is 2. The molecule has 0 spiro atoms. The van der Waals surface area contributed by atoms with E-state index in [2.05, 4.69) is 81.4 Å². The van der Waals surface area contributed by atoms with Crippen molar-refractivity contribution < 1.29 is 13.9 Å². The van der Waals surface area contributed by atoms with Gasteiger partial charge in [0, 0.05) is 12.0 Å². The van der Waals surface area contributed by atoms with Crippen LogP contribution in [0.15, 0.2) is 60.7 Å². The van der Waals surface area contributed by atoms with Crippen molar-refractivity contribution in [2.24, 2.45) is 11.7 Å². The molecule has 2 N–H and O–H groups in total. The summed E-state index contributed by atoms with van der Waals surface area (Å²) in [4.78, 5) is 0. The van der Waals surface area contributed by atoms with Crippen molar-refractivity contribution in [1.82, 2.24) is 0 Å². The minimum atomic E-state index is -2.67. The molecule has 3 aliphatic rings. The lowest BCUT2D eigenvalue weighted by molar-refractivity contribution is -0.164. The van der Waals surface area contributed by atoms with E-state index in [1.54, 1.807) is 0 Å². The fraction of sp³-hybridized carbons (Fsp3) is 0.520. The van der Waals surface area contributed by atoms with Gasteiger partial charge in [0.1, 0.15) is 12.2 Å². The Morgan fingerprint density at radius 2 is 1.47 bits per heavy atom. The average molecular weight is 424 g/mol. The van der Waals surface area contributed by atoms with Gasteiger partial charge in [0.05, 0.1) is 5.60 Å². The summed E-state index contributed by atoms with van der Waals surface area (Å²) in [7, 11) is -2.67. The second-order valence-corrected chi connectivity index (χ2v) is 14.9. The molecule has 1 saturated heterocycles. The van der Waals surface area contributed by atoms with Crippen molar-refractivity contribution in [1.29, 1.82) is 0 Å². The number of rotatable bonds is 4. The lowest BCUT2D eigenvalue weighted by Gasteiger charge is -2.46. The van der Waals surface area contributed by atoms with E-state index in [1.165, 1.54) is 10.4 Å². The van der Waals surface area contributed by atoms with E-state index in [4.69, 9.17) is 19.6 Å². The van der Waals surface area contributed by atoms with Gasteiger partial charge in [-0.05, 0) is 35.7 Å². The van der Waals surface area contributed by atoms with Gasteiger partial charge in [-0.3, -0.25) is 0 Å². The fourth-order valence-corrected chi connectivity index (χ4v) is 10.7. The predicted octanol–water partition coefficient (Wildman–Crippen LogP) is 3.18. The molecule has 2 saturated carbocycles. The zero-order chi connectivity index (χ0) is 21.4. The van der Waals surface area contributed by atoms with E-state index < -0.39 is 14.1 Å². The molecule has 4 nitrogen and oxygen atoms in total. The highest BCUT2D eigenvalue weighted by Crippen LogP contribution is 2.64. The minimum Gasteiger partial charge on any atom is -0.399 e. The lowest BCUT2D eigenvalue weighted by Crippen LogP contribution is -2.69. The summed E-state index contributed by atoms with van der Waals surface area (Å²) in [5.41, 5.74) is 6.28. The van der Waals surface area contributed by atoms with Crippen LogP contribution in [0.3, 0.4) is 0 Å². The highest BCUT2D eigenvalue weighted by molar-refractivity contribution is 6.99. The van der Waals surface area contributed by atoms with Gasteiger partial charge in [0.2, 0.25) is 0 Å². The molecule has 2 aromatic rings. The summed E-state index contributed by atoms with van der Waals surface area (Å²) in [6.07, 6.45) is 0.727. The molecule has 3 fully saturated rings. The van der Waals surface area contributed by atoms with Crippen molar-refractivity contribution >= 4 is 18.7 Å². The summed E-state index contributed by atoms with van der Waals surface area (Å²) >= 11 is 0. The quantitative estimate of drug-likeness (QED) is 0.768. The first-order valence-electron chi connectivity index (χ1n) is 11.0. The molecular formula is C25H33NO3Si. The fourth-order valence-electron chi connectivity index (χ4n) is 5.86. The molecule has 5 heteroatoms.